The summed E-state index contributed by atoms with van der Waals surface area (Å²) in [5.74, 6) is 1.06. The highest BCUT2D eigenvalue weighted by atomic mass is 35.5. The van der Waals surface area contributed by atoms with Crippen molar-refractivity contribution in [3.63, 3.8) is 0 Å². The van der Waals surface area contributed by atoms with E-state index in [2.05, 4.69) is 15.6 Å². The highest BCUT2D eigenvalue weighted by Gasteiger charge is 2.24. The number of oxazole rings is 1. The van der Waals surface area contributed by atoms with Crippen LogP contribution < -0.4 is 10.6 Å². The minimum atomic E-state index is -0.210. The zero-order valence-electron chi connectivity index (χ0n) is 16.4. The molecule has 0 radical (unpaired) electrons. The fraction of sp³-hybridized carbons (Fsp3) is 0.208. The summed E-state index contributed by atoms with van der Waals surface area (Å²) in [6.07, 6.45) is 7.51. The molecular weight excluding hydrogens is 398 g/mol. The van der Waals surface area contributed by atoms with E-state index in [4.69, 9.17) is 21.0 Å². The monoisotopic (exact) mass is 418 g/mol. The van der Waals surface area contributed by atoms with Crippen LogP contribution >= 0.6 is 11.6 Å². The van der Waals surface area contributed by atoms with Crippen molar-refractivity contribution in [2.24, 2.45) is 4.99 Å². The Balaban J connectivity index is 1.62. The van der Waals surface area contributed by atoms with Crippen LogP contribution in [-0.2, 0) is 0 Å². The first-order valence-corrected chi connectivity index (χ1v) is 10.5. The SMILES string of the molecule is Oc1oc(-c2ccc(Cl)cc2)nc1/C=C1\C=c2ccccc2=NC1=[N+]1CCCCC1. The fourth-order valence-corrected chi connectivity index (χ4v) is 3.99. The number of benzene rings is 2. The summed E-state index contributed by atoms with van der Waals surface area (Å²) in [7, 11) is 0. The van der Waals surface area contributed by atoms with Gasteiger partial charge in [0, 0.05) is 15.8 Å². The summed E-state index contributed by atoms with van der Waals surface area (Å²) in [5, 5.41) is 13.0. The van der Waals surface area contributed by atoms with Gasteiger partial charge in [0.1, 0.15) is 5.69 Å². The predicted molar refractivity (Wildman–Crippen MR) is 117 cm³/mol. The normalized spacial score (nSPS) is 17.4. The second-order valence-electron chi connectivity index (χ2n) is 7.50. The second-order valence-corrected chi connectivity index (χ2v) is 7.94. The maximum atomic E-state index is 10.4. The van der Waals surface area contributed by atoms with E-state index in [1.165, 1.54) is 6.42 Å². The standard InChI is InChI=1S/C24H20ClN3O2/c25-19-10-8-16(9-11-19)23-27-21(24(29)30-23)15-18-14-17-6-2-3-7-20(17)26-22(18)28-12-4-1-5-13-28/h2-3,6-11,14-15H,1,4-5,12-13H2/p+1. The summed E-state index contributed by atoms with van der Waals surface area (Å²) in [6, 6.07) is 15.2. The molecule has 6 heteroatoms. The number of amidine groups is 1. The van der Waals surface area contributed by atoms with E-state index in [-0.39, 0.29) is 5.95 Å². The van der Waals surface area contributed by atoms with E-state index in [1.54, 1.807) is 12.1 Å². The van der Waals surface area contributed by atoms with Crippen molar-refractivity contribution in [3.8, 4) is 17.4 Å². The molecule has 5 nitrogen and oxygen atoms in total. The lowest BCUT2D eigenvalue weighted by molar-refractivity contribution is -0.537. The third kappa shape index (κ3) is 3.68. The summed E-state index contributed by atoms with van der Waals surface area (Å²) in [5.41, 5.74) is 2.05. The first kappa shape index (κ1) is 18.8. The van der Waals surface area contributed by atoms with Gasteiger partial charge in [-0.3, -0.25) is 4.58 Å². The number of hydrogen-bond acceptors (Lipinski definition) is 3. The third-order valence-corrected chi connectivity index (χ3v) is 5.66. The Hall–Kier alpha value is -3.18. The number of piperidine rings is 1. The molecule has 1 aromatic heterocycles. The Morgan fingerprint density at radius 2 is 1.77 bits per heavy atom. The minimum absolute atomic E-state index is 0.210. The first-order chi connectivity index (χ1) is 14.7. The van der Waals surface area contributed by atoms with Crippen molar-refractivity contribution in [1.29, 1.82) is 0 Å². The van der Waals surface area contributed by atoms with Gasteiger partial charge in [-0.15, -0.1) is 0 Å². The number of halogens is 1. The Labute approximate surface area is 179 Å². The molecule has 0 atom stereocenters. The topological polar surface area (TPSA) is 61.6 Å². The largest absolute Gasteiger partial charge is 0.479 e. The number of fused-ring (bicyclic) bond motifs is 1. The average Bonchev–Trinajstić information content (AvgIpc) is 3.14. The molecule has 3 heterocycles. The van der Waals surface area contributed by atoms with Gasteiger partial charge < -0.3 is 9.52 Å². The maximum absolute atomic E-state index is 10.4. The van der Waals surface area contributed by atoms with Crippen LogP contribution in [0.3, 0.4) is 0 Å². The highest BCUT2D eigenvalue weighted by Crippen LogP contribution is 2.29. The van der Waals surface area contributed by atoms with E-state index in [0.717, 1.165) is 53.5 Å². The van der Waals surface area contributed by atoms with E-state index in [0.29, 0.717) is 16.6 Å². The van der Waals surface area contributed by atoms with Crippen LogP contribution in [0.1, 0.15) is 25.0 Å². The molecule has 1 saturated heterocycles. The van der Waals surface area contributed by atoms with E-state index >= 15 is 0 Å². The fourth-order valence-electron chi connectivity index (χ4n) is 3.87. The predicted octanol–water partition coefficient (Wildman–Crippen LogP) is 3.79. The zero-order chi connectivity index (χ0) is 20.5. The van der Waals surface area contributed by atoms with Crippen molar-refractivity contribution >= 4 is 29.6 Å². The van der Waals surface area contributed by atoms with Crippen molar-refractivity contribution in [2.45, 2.75) is 19.3 Å². The number of nitrogens with zero attached hydrogens (tertiary/aromatic N) is 3. The van der Waals surface area contributed by atoms with Crippen molar-refractivity contribution in [1.82, 2.24) is 4.98 Å². The molecule has 1 N–H and O–H groups in total. The number of para-hydroxylation sites is 1. The molecule has 2 aromatic carbocycles. The van der Waals surface area contributed by atoms with Gasteiger partial charge in [0.2, 0.25) is 5.89 Å². The molecule has 2 aliphatic rings. The molecule has 0 aliphatic carbocycles. The van der Waals surface area contributed by atoms with E-state index in [1.807, 2.05) is 42.5 Å². The summed E-state index contributed by atoms with van der Waals surface area (Å²) in [6.45, 7) is 1.96. The molecule has 3 aromatic rings. The summed E-state index contributed by atoms with van der Waals surface area (Å²) >= 11 is 5.96. The number of aromatic hydroxyl groups is 1. The lowest BCUT2D eigenvalue weighted by Gasteiger charge is -2.15. The minimum Gasteiger partial charge on any atom is -0.479 e. The lowest BCUT2D eigenvalue weighted by Crippen LogP contribution is -2.35. The van der Waals surface area contributed by atoms with Crippen LogP contribution in [0.5, 0.6) is 5.95 Å². The lowest BCUT2D eigenvalue weighted by atomic mass is 10.1. The number of rotatable bonds is 2. The van der Waals surface area contributed by atoms with Gasteiger partial charge >= 0.3 is 11.8 Å². The molecule has 30 heavy (non-hydrogen) atoms. The van der Waals surface area contributed by atoms with Crippen LogP contribution in [0.2, 0.25) is 5.02 Å². The van der Waals surface area contributed by atoms with Gasteiger partial charge in [-0.25, -0.2) is 4.98 Å². The molecule has 0 spiro atoms. The summed E-state index contributed by atoms with van der Waals surface area (Å²) < 4.78 is 7.84. The van der Waals surface area contributed by atoms with Crippen LogP contribution in [-0.4, -0.2) is 33.6 Å². The number of aromatic nitrogens is 1. The quantitative estimate of drug-likeness (QED) is 0.644. The molecule has 5 rings (SSSR count). The van der Waals surface area contributed by atoms with Gasteiger partial charge in [0.25, 0.3) is 0 Å². The molecule has 1 fully saturated rings. The van der Waals surface area contributed by atoms with Crippen LogP contribution in [0, 0.1) is 0 Å². The van der Waals surface area contributed by atoms with Gasteiger partial charge in [-0.1, -0.05) is 29.8 Å². The van der Waals surface area contributed by atoms with Crippen molar-refractivity contribution < 1.29 is 14.1 Å². The molecule has 0 saturated carbocycles. The third-order valence-electron chi connectivity index (χ3n) is 5.41. The van der Waals surface area contributed by atoms with Crippen LogP contribution in [0.15, 0.2) is 63.5 Å². The van der Waals surface area contributed by atoms with E-state index < -0.39 is 0 Å². The molecule has 2 aliphatic heterocycles. The van der Waals surface area contributed by atoms with Crippen LogP contribution in [0.4, 0.5) is 0 Å². The van der Waals surface area contributed by atoms with Gasteiger partial charge in [0.05, 0.1) is 18.7 Å². The first-order valence-electron chi connectivity index (χ1n) is 10.1. The molecular formula is C24H21ClN3O2+. The Kier molecular flexibility index (Phi) is 4.97. The second kappa shape index (κ2) is 7.92. The van der Waals surface area contributed by atoms with Gasteiger partial charge in [-0.05, 0) is 66.7 Å². The Bertz CT molecular complexity index is 1280. The molecule has 0 bridgehead atoms. The zero-order valence-corrected chi connectivity index (χ0v) is 17.1. The van der Waals surface area contributed by atoms with E-state index in [9.17, 15) is 5.11 Å². The average molecular weight is 419 g/mol. The molecule has 0 amide bonds. The Morgan fingerprint density at radius 3 is 2.57 bits per heavy atom. The summed E-state index contributed by atoms with van der Waals surface area (Å²) in [4.78, 5) is 9.45. The number of hydrogen-bond donors (Lipinski definition) is 1. The van der Waals surface area contributed by atoms with Crippen LogP contribution in [0.25, 0.3) is 23.6 Å². The Morgan fingerprint density at radius 1 is 1.00 bits per heavy atom. The van der Waals surface area contributed by atoms with Crippen molar-refractivity contribution in [2.75, 3.05) is 13.1 Å². The van der Waals surface area contributed by atoms with Crippen molar-refractivity contribution in [3.05, 3.63) is 75.4 Å². The maximum Gasteiger partial charge on any atom is 0.326 e. The molecule has 150 valence electrons. The smallest absolute Gasteiger partial charge is 0.326 e. The molecule has 0 unspecified atom stereocenters. The highest BCUT2D eigenvalue weighted by molar-refractivity contribution is 6.30. The van der Waals surface area contributed by atoms with Gasteiger partial charge in [0.15, 0.2) is 5.36 Å². The van der Waals surface area contributed by atoms with Gasteiger partial charge in [-0.2, -0.15) is 0 Å².